The predicted octanol–water partition coefficient (Wildman–Crippen LogP) is 3.25. The fourth-order valence-corrected chi connectivity index (χ4v) is 2.29. The Morgan fingerprint density at radius 2 is 2.27 bits per heavy atom. The number of aromatic amines is 1. The molecule has 0 saturated heterocycles. The Kier molecular flexibility index (Phi) is 3.42. The van der Waals surface area contributed by atoms with Crippen LogP contribution in [0.25, 0.3) is 22.1 Å². The molecular formula is C14H12ClN5O2. The quantitative estimate of drug-likeness (QED) is 0.593. The van der Waals surface area contributed by atoms with Crippen molar-refractivity contribution in [1.29, 1.82) is 0 Å². The van der Waals surface area contributed by atoms with Crippen molar-refractivity contribution >= 4 is 39.4 Å². The van der Waals surface area contributed by atoms with Gasteiger partial charge in [-0.05, 0) is 19.1 Å². The van der Waals surface area contributed by atoms with Crippen molar-refractivity contribution in [2.75, 3.05) is 0 Å². The molecular weight excluding hydrogens is 306 g/mol. The number of aryl methyl sites for hydroxylation is 1. The molecule has 2 aromatic heterocycles. The van der Waals surface area contributed by atoms with Crippen LogP contribution in [-0.2, 0) is 7.05 Å². The SMILES string of the molecule is Cc1c(C=C(Cl)c2nc3ccc([N+](=O)[O-])cc3[nH]2)cnn1C. The first-order chi connectivity index (χ1) is 10.5. The molecule has 7 nitrogen and oxygen atoms in total. The van der Waals surface area contributed by atoms with Gasteiger partial charge in [-0.2, -0.15) is 5.10 Å². The molecule has 0 spiro atoms. The number of fused-ring (bicyclic) bond motifs is 1. The molecule has 22 heavy (non-hydrogen) atoms. The summed E-state index contributed by atoms with van der Waals surface area (Å²) < 4.78 is 1.75. The van der Waals surface area contributed by atoms with Gasteiger partial charge in [0, 0.05) is 30.4 Å². The van der Waals surface area contributed by atoms with Crippen molar-refractivity contribution in [2.45, 2.75) is 6.92 Å². The minimum atomic E-state index is -0.448. The van der Waals surface area contributed by atoms with Crippen LogP contribution >= 0.6 is 11.6 Å². The van der Waals surface area contributed by atoms with E-state index in [9.17, 15) is 10.1 Å². The van der Waals surface area contributed by atoms with E-state index in [1.54, 1.807) is 23.0 Å². The molecule has 3 rings (SSSR count). The molecule has 0 fully saturated rings. The summed E-state index contributed by atoms with van der Waals surface area (Å²) in [5.41, 5.74) is 3.06. The van der Waals surface area contributed by atoms with E-state index in [1.807, 2.05) is 14.0 Å². The Morgan fingerprint density at radius 1 is 1.50 bits per heavy atom. The van der Waals surface area contributed by atoms with Gasteiger partial charge in [-0.1, -0.05) is 11.6 Å². The van der Waals surface area contributed by atoms with Gasteiger partial charge in [0.05, 0.1) is 27.2 Å². The lowest BCUT2D eigenvalue weighted by molar-refractivity contribution is -0.384. The Hall–Kier alpha value is -2.67. The maximum atomic E-state index is 10.8. The first-order valence-electron chi connectivity index (χ1n) is 6.46. The number of hydrogen-bond acceptors (Lipinski definition) is 4. The van der Waals surface area contributed by atoms with E-state index >= 15 is 0 Å². The lowest BCUT2D eigenvalue weighted by Crippen LogP contribution is -1.92. The number of non-ortho nitro benzene ring substituents is 1. The van der Waals surface area contributed by atoms with E-state index in [2.05, 4.69) is 15.1 Å². The number of rotatable bonds is 3. The molecule has 0 unspecified atom stereocenters. The highest BCUT2D eigenvalue weighted by Crippen LogP contribution is 2.25. The van der Waals surface area contributed by atoms with Gasteiger partial charge in [0.1, 0.15) is 5.82 Å². The molecule has 8 heteroatoms. The van der Waals surface area contributed by atoms with Gasteiger partial charge < -0.3 is 4.98 Å². The molecule has 0 aliphatic carbocycles. The van der Waals surface area contributed by atoms with E-state index in [0.29, 0.717) is 21.9 Å². The van der Waals surface area contributed by atoms with Crippen LogP contribution in [0, 0.1) is 17.0 Å². The third-order valence-corrected chi connectivity index (χ3v) is 3.75. The number of imidazole rings is 1. The zero-order chi connectivity index (χ0) is 15.9. The van der Waals surface area contributed by atoms with Crippen LogP contribution in [-0.4, -0.2) is 24.7 Å². The standard InChI is InChI=1S/C14H12ClN5O2/c1-8-9(7-16-19(8)2)5-11(15)14-17-12-4-3-10(20(21)22)6-13(12)18-14/h3-7H,1-2H3,(H,17,18). The first kappa shape index (κ1) is 14.3. The summed E-state index contributed by atoms with van der Waals surface area (Å²) in [5.74, 6) is 0.459. The zero-order valence-electron chi connectivity index (χ0n) is 11.9. The van der Waals surface area contributed by atoms with E-state index in [1.165, 1.54) is 12.1 Å². The fraction of sp³-hybridized carbons (Fsp3) is 0.143. The minimum Gasteiger partial charge on any atom is -0.337 e. The van der Waals surface area contributed by atoms with Crippen molar-refractivity contribution in [1.82, 2.24) is 19.7 Å². The van der Waals surface area contributed by atoms with Gasteiger partial charge in [-0.15, -0.1) is 0 Å². The van der Waals surface area contributed by atoms with Crippen molar-refractivity contribution < 1.29 is 4.92 Å². The summed E-state index contributed by atoms with van der Waals surface area (Å²) >= 11 is 6.29. The summed E-state index contributed by atoms with van der Waals surface area (Å²) in [5, 5.41) is 15.3. The van der Waals surface area contributed by atoms with Crippen molar-refractivity contribution in [3.63, 3.8) is 0 Å². The predicted molar refractivity (Wildman–Crippen MR) is 84.4 cm³/mol. The van der Waals surface area contributed by atoms with Crippen molar-refractivity contribution in [3.05, 3.63) is 51.6 Å². The summed E-state index contributed by atoms with van der Waals surface area (Å²) in [7, 11) is 1.85. The number of hydrogen-bond donors (Lipinski definition) is 1. The first-order valence-corrected chi connectivity index (χ1v) is 6.84. The molecule has 1 N–H and O–H groups in total. The zero-order valence-corrected chi connectivity index (χ0v) is 12.6. The number of H-pyrrole nitrogens is 1. The molecule has 1 aromatic carbocycles. The van der Waals surface area contributed by atoms with Crippen molar-refractivity contribution in [2.24, 2.45) is 7.05 Å². The Morgan fingerprint density at radius 3 is 2.91 bits per heavy atom. The number of halogens is 1. The molecule has 112 valence electrons. The molecule has 0 bridgehead atoms. The molecule has 0 amide bonds. The Bertz CT molecular complexity index is 909. The molecule has 0 atom stereocenters. The summed E-state index contributed by atoms with van der Waals surface area (Å²) in [6.45, 7) is 1.94. The largest absolute Gasteiger partial charge is 0.337 e. The third kappa shape index (κ3) is 2.46. The third-order valence-electron chi connectivity index (χ3n) is 3.46. The highest BCUT2D eigenvalue weighted by Gasteiger charge is 2.12. The summed E-state index contributed by atoms with van der Waals surface area (Å²) in [6.07, 6.45) is 3.47. The molecule has 2 heterocycles. The van der Waals surface area contributed by atoms with Crippen LogP contribution in [0.3, 0.4) is 0 Å². The van der Waals surface area contributed by atoms with Crippen molar-refractivity contribution in [3.8, 4) is 0 Å². The average molecular weight is 318 g/mol. The van der Waals surface area contributed by atoms with E-state index in [-0.39, 0.29) is 5.69 Å². The van der Waals surface area contributed by atoms with E-state index in [0.717, 1.165) is 11.3 Å². The van der Waals surface area contributed by atoms with Gasteiger partial charge in [0.25, 0.3) is 5.69 Å². The number of nitro groups is 1. The lowest BCUT2D eigenvalue weighted by Gasteiger charge is -1.96. The van der Waals surface area contributed by atoms with Gasteiger partial charge in [0.2, 0.25) is 0 Å². The summed E-state index contributed by atoms with van der Waals surface area (Å²) in [6, 6.07) is 4.44. The van der Waals surface area contributed by atoms with Crippen LogP contribution in [0.2, 0.25) is 0 Å². The van der Waals surface area contributed by atoms with E-state index < -0.39 is 4.92 Å². The van der Waals surface area contributed by atoms with Gasteiger partial charge in [0.15, 0.2) is 0 Å². The van der Waals surface area contributed by atoms with Crippen LogP contribution in [0.4, 0.5) is 5.69 Å². The van der Waals surface area contributed by atoms with Crippen LogP contribution in [0.15, 0.2) is 24.4 Å². The Labute approximate surface area is 130 Å². The van der Waals surface area contributed by atoms with Crippen LogP contribution in [0.1, 0.15) is 17.1 Å². The van der Waals surface area contributed by atoms with Crippen LogP contribution < -0.4 is 0 Å². The topological polar surface area (TPSA) is 89.6 Å². The van der Waals surface area contributed by atoms with Gasteiger partial charge in [-0.25, -0.2) is 4.98 Å². The number of benzene rings is 1. The molecule has 0 saturated carbocycles. The molecule has 0 aliphatic heterocycles. The van der Waals surface area contributed by atoms with Crippen LogP contribution in [0.5, 0.6) is 0 Å². The monoisotopic (exact) mass is 317 g/mol. The average Bonchev–Trinajstić information content (AvgIpc) is 3.04. The summed E-state index contributed by atoms with van der Waals surface area (Å²) in [4.78, 5) is 17.7. The number of nitrogens with one attached hydrogen (secondary N) is 1. The van der Waals surface area contributed by atoms with Gasteiger partial charge in [-0.3, -0.25) is 14.8 Å². The smallest absolute Gasteiger partial charge is 0.271 e. The minimum absolute atomic E-state index is 0.00547. The Balaban J connectivity index is 2.02. The maximum Gasteiger partial charge on any atom is 0.271 e. The highest BCUT2D eigenvalue weighted by atomic mass is 35.5. The second kappa shape index (κ2) is 5.27. The fourth-order valence-electron chi connectivity index (χ4n) is 2.09. The second-order valence-corrected chi connectivity index (χ2v) is 5.25. The highest BCUT2D eigenvalue weighted by molar-refractivity contribution is 6.50. The number of aromatic nitrogens is 4. The molecule has 0 radical (unpaired) electrons. The van der Waals surface area contributed by atoms with Gasteiger partial charge >= 0.3 is 0 Å². The van der Waals surface area contributed by atoms with E-state index in [4.69, 9.17) is 11.6 Å². The number of nitro benzene ring substituents is 1. The normalized spacial score (nSPS) is 12.0. The molecule has 3 aromatic rings. The molecule has 0 aliphatic rings. The lowest BCUT2D eigenvalue weighted by atomic mass is 10.2. The number of nitrogens with zero attached hydrogens (tertiary/aromatic N) is 4. The second-order valence-electron chi connectivity index (χ2n) is 4.85. The maximum absolute atomic E-state index is 10.8.